The smallest absolute Gasteiger partial charge is 0.336 e. The van der Waals surface area contributed by atoms with E-state index in [9.17, 15) is 4.79 Å². The minimum absolute atomic E-state index is 0.174. The van der Waals surface area contributed by atoms with Gasteiger partial charge in [0.2, 0.25) is 0 Å². The Balaban J connectivity index is 1.70. The fourth-order valence-electron chi connectivity index (χ4n) is 3.83. The maximum absolute atomic E-state index is 12.6. The monoisotopic (exact) mass is 337 g/mol. The summed E-state index contributed by atoms with van der Waals surface area (Å²) in [4.78, 5) is 14.9. The van der Waals surface area contributed by atoms with E-state index in [4.69, 9.17) is 4.74 Å². The fraction of sp³-hybridized carbons (Fsp3) is 0.409. The maximum Gasteiger partial charge on any atom is 0.336 e. The van der Waals surface area contributed by atoms with Crippen molar-refractivity contribution >= 4 is 5.97 Å². The quantitative estimate of drug-likeness (QED) is 0.713. The second-order valence-electron chi connectivity index (χ2n) is 6.95. The highest BCUT2D eigenvalue weighted by Gasteiger charge is 2.33. The molecule has 3 rings (SSSR count). The van der Waals surface area contributed by atoms with E-state index in [0.717, 1.165) is 36.1 Å². The Morgan fingerprint density at radius 1 is 1.28 bits per heavy atom. The molecule has 0 aromatic heterocycles. The number of hydrogen-bond acceptors (Lipinski definition) is 3. The average molecular weight is 337 g/mol. The lowest BCUT2D eigenvalue weighted by Crippen LogP contribution is -2.29. The van der Waals surface area contributed by atoms with Crippen LogP contribution in [0.1, 0.15) is 51.6 Å². The Morgan fingerprint density at radius 3 is 2.72 bits per heavy atom. The zero-order chi connectivity index (χ0) is 17.8. The molecule has 1 aromatic carbocycles. The van der Waals surface area contributed by atoms with Crippen LogP contribution in [0.15, 0.2) is 65.4 Å². The summed E-state index contributed by atoms with van der Waals surface area (Å²) < 4.78 is 5.57. The number of carbonyl (C=O) groups is 1. The molecule has 0 saturated heterocycles. The van der Waals surface area contributed by atoms with Gasteiger partial charge in [0.1, 0.15) is 6.61 Å². The fourth-order valence-corrected chi connectivity index (χ4v) is 3.83. The van der Waals surface area contributed by atoms with E-state index >= 15 is 0 Å². The molecular weight excluding hydrogens is 310 g/mol. The summed E-state index contributed by atoms with van der Waals surface area (Å²) in [6.45, 7) is 6.78. The highest BCUT2D eigenvalue weighted by atomic mass is 16.5. The summed E-state index contributed by atoms with van der Waals surface area (Å²) in [5.41, 5.74) is 4.22. The van der Waals surface area contributed by atoms with Crippen molar-refractivity contribution in [3.63, 3.8) is 0 Å². The van der Waals surface area contributed by atoms with E-state index in [0.29, 0.717) is 12.6 Å². The van der Waals surface area contributed by atoms with Gasteiger partial charge >= 0.3 is 5.97 Å². The molecule has 1 aliphatic heterocycles. The molecule has 0 spiro atoms. The first-order valence-electron chi connectivity index (χ1n) is 9.13. The number of esters is 1. The first-order chi connectivity index (χ1) is 12.1. The Hall–Kier alpha value is -2.29. The molecule has 1 aromatic rings. The molecule has 0 amide bonds. The van der Waals surface area contributed by atoms with Gasteiger partial charge in [-0.2, -0.15) is 0 Å². The summed E-state index contributed by atoms with van der Waals surface area (Å²) in [5.74, 6) is -0.174. The van der Waals surface area contributed by atoms with Gasteiger partial charge in [-0.05, 0) is 44.7 Å². The van der Waals surface area contributed by atoms with Gasteiger partial charge in [-0.3, -0.25) is 0 Å². The number of rotatable bonds is 5. The molecule has 0 unspecified atom stereocenters. The number of allylic oxidation sites excluding steroid dienone is 3. The van der Waals surface area contributed by atoms with Crippen LogP contribution in [0.3, 0.4) is 0 Å². The van der Waals surface area contributed by atoms with E-state index in [2.05, 4.69) is 61.2 Å². The Morgan fingerprint density at radius 2 is 2.04 bits per heavy atom. The Kier molecular flexibility index (Phi) is 5.42. The van der Waals surface area contributed by atoms with Crippen molar-refractivity contribution < 1.29 is 9.53 Å². The predicted molar refractivity (Wildman–Crippen MR) is 101 cm³/mol. The third-order valence-electron chi connectivity index (χ3n) is 5.19. The van der Waals surface area contributed by atoms with E-state index in [-0.39, 0.29) is 12.0 Å². The third kappa shape index (κ3) is 3.87. The van der Waals surface area contributed by atoms with Gasteiger partial charge in [0, 0.05) is 18.2 Å². The lowest BCUT2D eigenvalue weighted by Gasteiger charge is -2.33. The summed E-state index contributed by atoms with van der Waals surface area (Å²) in [7, 11) is 0. The molecule has 25 heavy (non-hydrogen) atoms. The maximum atomic E-state index is 12.6. The molecule has 0 radical (unpaired) electrons. The van der Waals surface area contributed by atoms with Crippen LogP contribution in [0.4, 0.5) is 0 Å². The number of nitrogens with zero attached hydrogens (tertiary/aromatic N) is 1. The van der Waals surface area contributed by atoms with E-state index in [1.165, 1.54) is 5.56 Å². The van der Waals surface area contributed by atoms with Gasteiger partial charge < -0.3 is 9.64 Å². The van der Waals surface area contributed by atoms with Gasteiger partial charge in [-0.1, -0.05) is 48.6 Å². The van der Waals surface area contributed by atoms with Crippen LogP contribution in [0.2, 0.25) is 0 Å². The van der Waals surface area contributed by atoms with Crippen LogP contribution in [-0.4, -0.2) is 23.5 Å². The molecule has 2 aliphatic rings. The Bertz CT molecular complexity index is 715. The molecule has 0 bridgehead atoms. The summed E-state index contributed by atoms with van der Waals surface area (Å²) >= 11 is 0. The summed E-state index contributed by atoms with van der Waals surface area (Å²) in [6, 6.07) is 11.0. The lowest BCUT2D eigenvalue weighted by atomic mass is 10.1. The molecule has 132 valence electrons. The SMILES string of the molecule is CC1=C(C(=O)OCC2=CCCC=C2)C[C@@H](C)N1[C@@H](C)c1ccccc1. The predicted octanol–water partition coefficient (Wildman–Crippen LogP) is 4.94. The zero-order valence-corrected chi connectivity index (χ0v) is 15.4. The number of carbonyl (C=O) groups excluding carboxylic acids is 1. The Labute approximate surface area is 150 Å². The molecule has 0 saturated carbocycles. The molecule has 0 fully saturated rings. The lowest BCUT2D eigenvalue weighted by molar-refractivity contribution is -0.138. The van der Waals surface area contributed by atoms with E-state index in [1.54, 1.807) is 0 Å². The van der Waals surface area contributed by atoms with Gasteiger partial charge in [0.05, 0.1) is 11.6 Å². The van der Waals surface area contributed by atoms with Gasteiger partial charge in [0.25, 0.3) is 0 Å². The molecule has 3 nitrogen and oxygen atoms in total. The van der Waals surface area contributed by atoms with Crippen molar-refractivity contribution in [3.8, 4) is 0 Å². The van der Waals surface area contributed by atoms with Crippen LogP contribution >= 0.6 is 0 Å². The minimum atomic E-state index is -0.174. The van der Waals surface area contributed by atoms with Crippen LogP contribution < -0.4 is 0 Å². The van der Waals surface area contributed by atoms with Crippen LogP contribution in [-0.2, 0) is 9.53 Å². The second kappa shape index (κ2) is 7.73. The van der Waals surface area contributed by atoms with E-state index < -0.39 is 0 Å². The van der Waals surface area contributed by atoms with Crippen molar-refractivity contribution in [3.05, 3.63) is 71.0 Å². The highest BCUT2D eigenvalue weighted by molar-refractivity contribution is 5.90. The average Bonchev–Trinajstić information content (AvgIpc) is 2.95. The second-order valence-corrected chi connectivity index (χ2v) is 6.95. The first-order valence-corrected chi connectivity index (χ1v) is 9.13. The normalized spacial score (nSPS) is 21.3. The largest absolute Gasteiger partial charge is 0.457 e. The van der Waals surface area contributed by atoms with Crippen molar-refractivity contribution in [2.24, 2.45) is 0 Å². The highest BCUT2D eigenvalue weighted by Crippen LogP contribution is 2.36. The molecular formula is C22H27NO2. The molecule has 1 aliphatic carbocycles. The topological polar surface area (TPSA) is 29.5 Å². The van der Waals surface area contributed by atoms with Crippen molar-refractivity contribution in [1.29, 1.82) is 0 Å². The third-order valence-corrected chi connectivity index (χ3v) is 5.19. The van der Waals surface area contributed by atoms with Crippen LogP contribution in [0.5, 0.6) is 0 Å². The number of hydrogen-bond donors (Lipinski definition) is 0. The molecule has 3 heteroatoms. The molecule has 0 N–H and O–H groups in total. The molecule has 2 atom stereocenters. The van der Waals surface area contributed by atoms with E-state index in [1.807, 2.05) is 13.0 Å². The van der Waals surface area contributed by atoms with Crippen molar-refractivity contribution in [1.82, 2.24) is 4.90 Å². The summed E-state index contributed by atoms with van der Waals surface area (Å²) in [5, 5.41) is 0. The van der Waals surface area contributed by atoms with Crippen molar-refractivity contribution in [2.75, 3.05) is 6.61 Å². The zero-order valence-electron chi connectivity index (χ0n) is 15.4. The first kappa shape index (κ1) is 17.5. The number of ether oxygens (including phenoxy) is 1. The molecule has 1 heterocycles. The van der Waals surface area contributed by atoms with Gasteiger partial charge in [-0.25, -0.2) is 4.79 Å². The van der Waals surface area contributed by atoms with Crippen LogP contribution in [0, 0.1) is 0 Å². The standard InChI is InChI=1S/C22H27NO2/c1-16-14-21(22(24)25-15-19-10-6-4-7-11-19)18(3)23(16)17(2)20-12-8-5-9-13-20/h5-6,8-13,16-17H,4,7,14-15H2,1-3H3/t16-,17+/m1/s1. The number of benzene rings is 1. The van der Waals surface area contributed by atoms with Crippen molar-refractivity contribution in [2.45, 2.75) is 52.1 Å². The summed E-state index contributed by atoms with van der Waals surface area (Å²) in [6.07, 6.45) is 9.19. The van der Waals surface area contributed by atoms with Crippen LogP contribution in [0.25, 0.3) is 0 Å². The van der Waals surface area contributed by atoms with Gasteiger partial charge in [-0.15, -0.1) is 0 Å². The minimum Gasteiger partial charge on any atom is -0.457 e. The van der Waals surface area contributed by atoms with Gasteiger partial charge in [0.15, 0.2) is 0 Å².